The SMILES string of the molecule is O=C(OCCCCC(F)(F)C(F)(F)S(=O)[O-])c1ccccc1. The van der Waals surface area contributed by atoms with E-state index in [1.807, 2.05) is 0 Å². The van der Waals surface area contributed by atoms with Gasteiger partial charge in [0, 0.05) is 17.5 Å². The van der Waals surface area contributed by atoms with Crippen molar-refractivity contribution in [2.75, 3.05) is 6.61 Å². The van der Waals surface area contributed by atoms with Crippen molar-refractivity contribution in [3.8, 4) is 0 Å². The third kappa shape index (κ3) is 4.77. The number of rotatable bonds is 8. The van der Waals surface area contributed by atoms with Crippen molar-refractivity contribution in [3.63, 3.8) is 0 Å². The standard InChI is InChI=1S/C13H14F4O4S/c14-12(15,13(16,17)22(19)20)8-4-5-9-21-11(18)10-6-2-1-3-7-10/h1-3,6-7H,4-5,8-9H2,(H,19,20)/p-1. The third-order valence-electron chi connectivity index (χ3n) is 2.76. The number of hydrogen-bond donors (Lipinski definition) is 0. The number of halogens is 4. The minimum atomic E-state index is -5.12. The lowest BCUT2D eigenvalue weighted by molar-refractivity contribution is -0.162. The van der Waals surface area contributed by atoms with Crippen LogP contribution >= 0.6 is 0 Å². The summed E-state index contributed by atoms with van der Waals surface area (Å²) in [5.41, 5.74) is 0.279. The van der Waals surface area contributed by atoms with Crippen molar-refractivity contribution in [3.05, 3.63) is 35.9 Å². The number of ether oxygens (including phenoxy) is 1. The minimum Gasteiger partial charge on any atom is -0.768 e. The van der Waals surface area contributed by atoms with E-state index in [1.165, 1.54) is 12.1 Å². The molecule has 9 heteroatoms. The topological polar surface area (TPSA) is 66.4 Å². The van der Waals surface area contributed by atoms with Crippen LogP contribution in [0.1, 0.15) is 29.6 Å². The van der Waals surface area contributed by atoms with Gasteiger partial charge in [-0.05, 0) is 25.0 Å². The maximum Gasteiger partial charge on any atom is 0.371 e. The lowest BCUT2D eigenvalue weighted by Crippen LogP contribution is -2.43. The zero-order valence-electron chi connectivity index (χ0n) is 11.3. The lowest BCUT2D eigenvalue weighted by Gasteiger charge is -2.27. The third-order valence-corrected chi connectivity index (χ3v) is 3.48. The fraction of sp³-hybridized carbons (Fsp3) is 0.462. The Kier molecular flexibility index (Phi) is 6.48. The zero-order valence-corrected chi connectivity index (χ0v) is 12.1. The molecule has 0 saturated heterocycles. The lowest BCUT2D eigenvalue weighted by atomic mass is 10.1. The van der Waals surface area contributed by atoms with E-state index in [1.54, 1.807) is 18.2 Å². The molecule has 4 nitrogen and oxygen atoms in total. The molecule has 1 unspecified atom stereocenters. The fourth-order valence-corrected chi connectivity index (χ4v) is 1.88. The van der Waals surface area contributed by atoms with E-state index in [0.717, 1.165) is 0 Å². The van der Waals surface area contributed by atoms with Crippen molar-refractivity contribution in [2.45, 2.75) is 30.4 Å². The first-order valence-electron chi connectivity index (χ1n) is 6.25. The first-order valence-corrected chi connectivity index (χ1v) is 7.33. The summed E-state index contributed by atoms with van der Waals surface area (Å²) in [5, 5.41) is -5.12. The molecule has 0 aliphatic carbocycles. The molecule has 0 amide bonds. The van der Waals surface area contributed by atoms with Crippen LogP contribution < -0.4 is 0 Å². The summed E-state index contributed by atoms with van der Waals surface area (Å²) >= 11 is -4.20. The first-order chi connectivity index (χ1) is 10.2. The summed E-state index contributed by atoms with van der Waals surface area (Å²) in [5.74, 6) is -5.32. The Morgan fingerprint density at radius 1 is 1.14 bits per heavy atom. The largest absolute Gasteiger partial charge is 0.768 e. The molecule has 1 aromatic rings. The van der Waals surface area contributed by atoms with Gasteiger partial charge in [0.1, 0.15) is 0 Å². The summed E-state index contributed by atoms with van der Waals surface area (Å²) in [6.07, 6.45) is -1.82. The normalized spacial score (nSPS) is 13.7. The van der Waals surface area contributed by atoms with E-state index in [-0.39, 0.29) is 18.6 Å². The van der Waals surface area contributed by atoms with Crippen LogP contribution in [0.25, 0.3) is 0 Å². The summed E-state index contributed by atoms with van der Waals surface area (Å²) < 4.78 is 76.6. The minimum absolute atomic E-state index is 0.0876. The number of benzene rings is 1. The maximum absolute atomic E-state index is 13.1. The number of unbranched alkanes of at least 4 members (excludes halogenated alkanes) is 1. The quantitative estimate of drug-likeness (QED) is 0.315. The van der Waals surface area contributed by atoms with E-state index in [2.05, 4.69) is 0 Å². The molecule has 0 spiro atoms. The van der Waals surface area contributed by atoms with Crippen LogP contribution in [0.5, 0.6) is 0 Å². The highest BCUT2D eigenvalue weighted by Crippen LogP contribution is 2.39. The second kappa shape index (κ2) is 7.68. The highest BCUT2D eigenvalue weighted by molar-refractivity contribution is 7.80. The Balaban J connectivity index is 2.34. The van der Waals surface area contributed by atoms with E-state index in [4.69, 9.17) is 4.74 Å². The summed E-state index contributed by atoms with van der Waals surface area (Å²) in [6.45, 7) is -0.226. The van der Waals surface area contributed by atoms with Gasteiger partial charge in [0.05, 0.1) is 12.2 Å². The number of carbonyl (C=O) groups is 1. The predicted molar refractivity (Wildman–Crippen MR) is 69.4 cm³/mol. The molecule has 1 rings (SSSR count). The van der Waals surface area contributed by atoms with Gasteiger partial charge in [0.15, 0.2) is 0 Å². The average Bonchev–Trinajstić information content (AvgIpc) is 2.47. The number of alkyl halides is 4. The summed E-state index contributed by atoms with van der Waals surface area (Å²) in [6, 6.07) is 7.92. The van der Waals surface area contributed by atoms with Crippen LogP contribution in [0.2, 0.25) is 0 Å². The van der Waals surface area contributed by atoms with Gasteiger partial charge in [0.2, 0.25) is 0 Å². The van der Waals surface area contributed by atoms with Crippen LogP contribution in [0.15, 0.2) is 30.3 Å². The number of carbonyl (C=O) groups excluding carboxylic acids is 1. The smallest absolute Gasteiger partial charge is 0.371 e. The molecule has 0 radical (unpaired) electrons. The van der Waals surface area contributed by atoms with Gasteiger partial charge in [-0.3, -0.25) is 4.21 Å². The molecule has 0 N–H and O–H groups in total. The fourth-order valence-electron chi connectivity index (χ4n) is 1.54. The molecule has 1 aromatic carbocycles. The molecule has 1 atom stereocenters. The van der Waals surface area contributed by atoms with Crippen LogP contribution in [-0.4, -0.2) is 32.5 Å². The molecule has 0 aromatic heterocycles. The number of esters is 1. The van der Waals surface area contributed by atoms with Crippen molar-refractivity contribution in [1.82, 2.24) is 0 Å². The Hall–Kier alpha value is -1.48. The predicted octanol–water partition coefficient (Wildman–Crippen LogP) is 3.12. The van der Waals surface area contributed by atoms with E-state index in [0.29, 0.717) is 0 Å². The van der Waals surface area contributed by atoms with Gasteiger partial charge in [-0.25, -0.2) is 4.79 Å². The van der Waals surface area contributed by atoms with E-state index in [9.17, 15) is 31.1 Å². The second-order valence-electron chi connectivity index (χ2n) is 4.41. The molecule has 0 heterocycles. The average molecular weight is 341 g/mol. The Morgan fingerprint density at radius 2 is 1.73 bits per heavy atom. The first kappa shape index (κ1) is 18.6. The molecular weight excluding hydrogens is 328 g/mol. The summed E-state index contributed by atoms with van der Waals surface area (Å²) in [7, 11) is 0. The zero-order chi connectivity index (χ0) is 16.8. The van der Waals surface area contributed by atoms with Crippen LogP contribution in [0, 0.1) is 0 Å². The molecule has 0 aliphatic heterocycles. The van der Waals surface area contributed by atoms with Gasteiger partial charge in [-0.15, -0.1) is 0 Å². The molecule has 124 valence electrons. The van der Waals surface area contributed by atoms with Gasteiger partial charge in [-0.2, -0.15) is 17.6 Å². The van der Waals surface area contributed by atoms with Gasteiger partial charge < -0.3 is 9.29 Å². The summed E-state index contributed by atoms with van der Waals surface area (Å²) in [4.78, 5) is 11.5. The number of hydrogen-bond acceptors (Lipinski definition) is 4. The maximum atomic E-state index is 13.1. The van der Waals surface area contributed by atoms with Crippen LogP contribution in [0.4, 0.5) is 17.6 Å². The molecule has 0 fully saturated rings. The van der Waals surface area contributed by atoms with Crippen molar-refractivity contribution in [1.29, 1.82) is 0 Å². The van der Waals surface area contributed by atoms with E-state index >= 15 is 0 Å². The Bertz CT molecular complexity index is 522. The molecular formula is C13H13F4O4S-. The van der Waals surface area contributed by atoms with E-state index < -0.39 is 41.1 Å². The van der Waals surface area contributed by atoms with Crippen molar-refractivity contribution in [2.24, 2.45) is 0 Å². The molecule has 0 aliphatic rings. The molecule has 22 heavy (non-hydrogen) atoms. The highest BCUT2D eigenvalue weighted by atomic mass is 32.2. The Morgan fingerprint density at radius 3 is 2.27 bits per heavy atom. The molecule has 0 saturated carbocycles. The van der Waals surface area contributed by atoms with Crippen LogP contribution in [0.3, 0.4) is 0 Å². The van der Waals surface area contributed by atoms with Gasteiger partial charge >= 0.3 is 17.1 Å². The van der Waals surface area contributed by atoms with Crippen LogP contribution in [-0.2, 0) is 15.8 Å². The second-order valence-corrected chi connectivity index (χ2v) is 5.40. The Labute approximate surface area is 126 Å². The van der Waals surface area contributed by atoms with Crippen molar-refractivity contribution >= 4 is 17.0 Å². The molecule has 0 bridgehead atoms. The highest BCUT2D eigenvalue weighted by Gasteiger charge is 2.56. The monoisotopic (exact) mass is 341 g/mol. The van der Waals surface area contributed by atoms with Gasteiger partial charge in [0.25, 0.3) is 0 Å². The van der Waals surface area contributed by atoms with Gasteiger partial charge in [-0.1, -0.05) is 18.2 Å². The van der Waals surface area contributed by atoms with Crippen molar-refractivity contribution < 1.29 is 35.9 Å².